The third-order valence-electron chi connectivity index (χ3n) is 7.36. The van der Waals surface area contributed by atoms with Crippen molar-refractivity contribution in [1.29, 1.82) is 0 Å². The van der Waals surface area contributed by atoms with Crippen LogP contribution in [0.25, 0.3) is 0 Å². The summed E-state index contributed by atoms with van der Waals surface area (Å²) in [5.74, 6) is -0.412. The first kappa shape index (κ1) is 27.6. The van der Waals surface area contributed by atoms with E-state index in [1.165, 1.54) is 7.11 Å². The fourth-order valence-electron chi connectivity index (χ4n) is 5.49. The summed E-state index contributed by atoms with van der Waals surface area (Å²) in [6.07, 6.45) is 7.07. The molecule has 1 aliphatic heterocycles. The van der Waals surface area contributed by atoms with E-state index in [2.05, 4.69) is 5.32 Å². The molecule has 1 aliphatic carbocycles. The number of carbonyl (C=O) groups excluding carboxylic acids is 3. The number of likely N-dealkylation sites (tertiary alicyclic amines) is 1. The van der Waals surface area contributed by atoms with Gasteiger partial charge in [-0.3, -0.25) is 14.4 Å². The van der Waals surface area contributed by atoms with Crippen LogP contribution < -0.4 is 25.3 Å². The number of primary amides is 1. The zero-order chi connectivity index (χ0) is 26.2. The minimum absolute atomic E-state index is 0.107. The molecule has 200 valence electrons. The van der Waals surface area contributed by atoms with Crippen LogP contribution in [-0.2, 0) is 14.4 Å². The number of rotatable bonds is 10. The van der Waals surface area contributed by atoms with Gasteiger partial charge in [-0.1, -0.05) is 19.3 Å². The molecule has 0 spiro atoms. The first-order valence-corrected chi connectivity index (χ1v) is 12.7. The van der Waals surface area contributed by atoms with Gasteiger partial charge >= 0.3 is 0 Å². The molecule has 1 aromatic rings. The van der Waals surface area contributed by atoms with E-state index in [4.69, 9.17) is 19.9 Å². The molecule has 3 rings (SSSR count). The predicted octanol–water partition coefficient (Wildman–Crippen LogP) is 1.72. The van der Waals surface area contributed by atoms with Crippen LogP contribution in [0.1, 0.15) is 62.8 Å². The number of ether oxygens (including phenoxy) is 3. The number of hydrogen-bond donors (Lipinski definition) is 3. The predicted molar refractivity (Wildman–Crippen MR) is 133 cm³/mol. The lowest BCUT2D eigenvalue weighted by atomic mass is 9.75. The van der Waals surface area contributed by atoms with Crippen LogP contribution in [-0.4, -0.2) is 74.3 Å². The van der Waals surface area contributed by atoms with E-state index in [0.29, 0.717) is 30.2 Å². The topological polar surface area (TPSA) is 140 Å². The van der Waals surface area contributed by atoms with Gasteiger partial charge in [-0.15, -0.1) is 0 Å². The molecular formula is C26H39N3O7. The molecule has 0 bridgehead atoms. The third-order valence-corrected chi connectivity index (χ3v) is 7.36. The quantitative estimate of drug-likeness (QED) is 0.440. The van der Waals surface area contributed by atoms with E-state index in [1.54, 1.807) is 19.1 Å². The molecule has 1 saturated carbocycles. The van der Waals surface area contributed by atoms with Crippen molar-refractivity contribution in [2.45, 2.75) is 69.4 Å². The highest BCUT2D eigenvalue weighted by Gasteiger charge is 2.40. The van der Waals surface area contributed by atoms with Gasteiger partial charge < -0.3 is 35.3 Å². The summed E-state index contributed by atoms with van der Waals surface area (Å²) in [6, 6.07) is 1.71. The lowest BCUT2D eigenvalue weighted by molar-refractivity contribution is -0.145. The molecule has 1 aromatic carbocycles. The molecule has 10 nitrogen and oxygen atoms in total. The second-order valence-electron chi connectivity index (χ2n) is 9.52. The molecule has 0 aromatic heterocycles. The van der Waals surface area contributed by atoms with Crippen LogP contribution in [0.15, 0.2) is 12.1 Å². The highest BCUT2D eigenvalue weighted by molar-refractivity contribution is 5.93. The van der Waals surface area contributed by atoms with Gasteiger partial charge in [0.15, 0.2) is 11.5 Å². The number of amides is 3. The van der Waals surface area contributed by atoms with Crippen molar-refractivity contribution in [3.8, 4) is 17.2 Å². The van der Waals surface area contributed by atoms with E-state index in [-0.39, 0.29) is 11.8 Å². The Kier molecular flexibility index (Phi) is 9.81. The Morgan fingerprint density at radius 3 is 2.14 bits per heavy atom. The van der Waals surface area contributed by atoms with E-state index in [1.807, 2.05) is 12.1 Å². The number of carbonyl (C=O) groups is 3. The number of methoxy groups -OCH3 is 3. The van der Waals surface area contributed by atoms with Crippen molar-refractivity contribution in [2.75, 3.05) is 34.5 Å². The normalized spacial score (nSPS) is 20.2. The molecular weight excluding hydrogens is 466 g/mol. The first-order chi connectivity index (χ1) is 17.4. The fraction of sp³-hybridized carbons (Fsp3) is 0.654. The Labute approximate surface area is 212 Å². The average molecular weight is 506 g/mol. The molecule has 3 atom stereocenters. The molecule has 10 heteroatoms. The zero-order valence-electron chi connectivity index (χ0n) is 21.5. The van der Waals surface area contributed by atoms with E-state index in [9.17, 15) is 19.5 Å². The minimum atomic E-state index is -1.19. The standard InChI is InChI=1S/C26H39N3O7/c1-34-20-13-17(14-21(35-2)23(20)36-3)22(16-9-5-4-6-10-16)26(33)29-12-8-7-11-19(29)25(32)28-18(15-30)24(27)31/h13-14,16,18-19,22,30H,4-12,15H2,1-3H3,(H2,27,31)(H,28,32)/t18-,19-,22?/m0/s1. The van der Waals surface area contributed by atoms with Crippen molar-refractivity contribution in [2.24, 2.45) is 11.7 Å². The SMILES string of the molecule is COc1cc(C(C(=O)N2CCCC[C@H]2C(=O)N[C@@H](CO)C(N)=O)C2CCCCC2)cc(OC)c1OC. The Balaban J connectivity index is 1.99. The molecule has 2 fully saturated rings. The van der Waals surface area contributed by atoms with Gasteiger partial charge in [-0.05, 0) is 55.7 Å². The molecule has 1 heterocycles. The van der Waals surface area contributed by atoms with Crippen molar-refractivity contribution in [1.82, 2.24) is 10.2 Å². The number of hydrogen-bond acceptors (Lipinski definition) is 7. The summed E-state index contributed by atoms with van der Waals surface area (Å²) in [7, 11) is 4.62. The fourth-order valence-corrected chi connectivity index (χ4v) is 5.49. The minimum Gasteiger partial charge on any atom is -0.493 e. The van der Waals surface area contributed by atoms with Gasteiger partial charge in [0.25, 0.3) is 0 Å². The molecule has 36 heavy (non-hydrogen) atoms. The van der Waals surface area contributed by atoms with Gasteiger partial charge in [0.2, 0.25) is 23.5 Å². The number of nitrogens with one attached hydrogen (secondary N) is 1. The smallest absolute Gasteiger partial charge is 0.243 e. The van der Waals surface area contributed by atoms with Crippen molar-refractivity contribution in [3.63, 3.8) is 0 Å². The second-order valence-corrected chi connectivity index (χ2v) is 9.52. The van der Waals surface area contributed by atoms with Crippen LogP contribution in [0.3, 0.4) is 0 Å². The Bertz CT molecular complexity index is 907. The van der Waals surface area contributed by atoms with Gasteiger partial charge in [-0.2, -0.15) is 0 Å². The van der Waals surface area contributed by atoms with Gasteiger partial charge in [0.05, 0.1) is 33.9 Å². The maximum absolute atomic E-state index is 14.2. The van der Waals surface area contributed by atoms with E-state index in [0.717, 1.165) is 50.5 Å². The lowest BCUT2D eigenvalue weighted by Gasteiger charge is -2.40. The van der Waals surface area contributed by atoms with E-state index < -0.39 is 36.4 Å². The number of nitrogens with zero attached hydrogens (tertiary/aromatic N) is 1. The highest BCUT2D eigenvalue weighted by Crippen LogP contribution is 2.45. The molecule has 2 aliphatic rings. The van der Waals surface area contributed by atoms with Gasteiger partial charge in [-0.25, -0.2) is 0 Å². The molecule has 3 amide bonds. The van der Waals surface area contributed by atoms with Crippen LogP contribution in [0.2, 0.25) is 0 Å². The number of benzene rings is 1. The van der Waals surface area contributed by atoms with Gasteiger partial charge in [0.1, 0.15) is 12.1 Å². The Morgan fingerprint density at radius 1 is 1.00 bits per heavy atom. The monoisotopic (exact) mass is 505 g/mol. The maximum atomic E-state index is 14.2. The second kappa shape index (κ2) is 12.8. The van der Waals surface area contributed by atoms with Gasteiger partial charge in [0, 0.05) is 6.54 Å². The summed E-state index contributed by atoms with van der Waals surface area (Å²) in [5, 5.41) is 12.0. The van der Waals surface area contributed by atoms with E-state index >= 15 is 0 Å². The third kappa shape index (κ3) is 6.03. The average Bonchev–Trinajstić information content (AvgIpc) is 2.91. The highest BCUT2D eigenvalue weighted by atomic mass is 16.5. The molecule has 4 N–H and O–H groups in total. The largest absolute Gasteiger partial charge is 0.493 e. The number of aliphatic hydroxyl groups excluding tert-OH is 1. The number of piperidine rings is 1. The summed E-state index contributed by atoms with van der Waals surface area (Å²) >= 11 is 0. The molecule has 0 radical (unpaired) electrons. The van der Waals surface area contributed by atoms with Crippen LogP contribution in [0.5, 0.6) is 17.2 Å². The van der Waals surface area contributed by atoms with Crippen molar-refractivity contribution >= 4 is 17.7 Å². The van der Waals surface area contributed by atoms with Crippen LogP contribution >= 0.6 is 0 Å². The Morgan fingerprint density at radius 2 is 1.61 bits per heavy atom. The summed E-state index contributed by atoms with van der Waals surface area (Å²) in [4.78, 5) is 40.6. The number of aliphatic hydroxyl groups is 1. The molecule has 1 saturated heterocycles. The van der Waals surface area contributed by atoms with Crippen LogP contribution in [0.4, 0.5) is 0 Å². The number of nitrogens with two attached hydrogens (primary N) is 1. The summed E-state index contributed by atoms with van der Waals surface area (Å²) in [6.45, 7) is -0.164. The summed E-state index contributed by atoms with van der Waals surface area (Å²) < 4.78 is 16.6. The van der Waals surface area contributed by atoms with Crippen molar-refractivity contribution < 1.29 is 33.7 Å². The molecule has 1 unspecified atom stereocenters. The lowest BCUT2D eigenvalue weighted by Crippen LogP contribution is -2.57. The maximum Gasteiger partial charge on any atom is 0.243 e. The zero-order valence-corrected chi connectivity index (χ0v) is 21.5. The summed E-state index contributed by atoms with van der Waals surface area (Å²) in [5.41, 5.74) is 6.05. The first-order valence-electron chi connectivity index (χ1n) is 12.7. The Hall–Kier alpha value is -3.01. The van der Waals surface area contributed by atoms with Crippen LogP contribution in [0, 0.1) is 5.92 Å². The van der Waals surface area contributed by atoms with Crippen molar-refractivity contribution in [3.05, 3.63) is 17.7 Å².